The minimum Gasteiger partial charge on any atom is -0.262 e. The van der Waals surface area contributed by atoms with Crippen LogP contribution in [0, 0.1) is 21.4 Å². The highest BCUT2D eigenvalue weighted by molar-refractivity contribution is 7.92. The number of hydrogen-bond donors (Lipinski definition) is 1. The Balaban J connectivity index is 1.80. The molecular weight excluding hydrogens is 444 g/mol. The fraction of sp³-hybridized carbons (Fsp3) is 0. The van der Waals surface area contributed by atoms with Crippen LogP contribution in [0.15, 0.2) is 65.7 Å². The zero-order valence-corrected chi connectivity index (χ0v) is 17.0. The van der Waals surface area contributed by atoms with Gasteiger partial charge in [-0.3, -0.25) is 14.8 Å². The molecule has 12 heteroatoms. The number of fused-ring (bicyclic) bond motifs is 1. The topological polar surface area (TPSA) is 144 Å². The van der Waals surface area contributed by atoms with Crippen LogP contribution in [0.4, 0.5) is 11.5 Å². The second-order valence-electron chi connectivity index (χ2n) is 6.27. The number of pyridine rings is 1. The van der Waals surface area contributed by atoms with Crippen molar-refractivity contribution in [2.24, 2.45) is 0 Å². The van der Waals surface area contributed by atoms with E-state index < -0.39 is 25.5 Å². The molecule has 1 N–H and O–H groups in total. The van der Waals surface area contributed by atoms with Crippen LogP contribution in [0.5, 0.6) is 0 Å². The molecule has 2 heterocycles. The highest BCUT2D eigenvalue weighted by Gasteiger charge is 2.24. The number of nitrogens with one attached hydrogen (secondary N) is 1. The van der Waals surface area contributed by atoms with Gasteiger partial charge < -0.3 is 0 Å². The van der Waals surface area contributed by atoms with Crippen molar-refractivity contribution >= 4 is 44.0 Å². The molecule has 2 aromatic carbocycles. The maximum atomic E-state index is 12.9. The summed E-state index contributed by atoms with van der Waals surface area (Å²) in [6, 6.07) is 15.7. The zero-order valence-electron chi connectivity index (χ0n) is 15.4. The summed E-state index contributed by atoms with van der Waals surface area (Å²) >= 11 is 5.76. The lowest BCUT2D eigenvalue weighted by molar-refractivity contribution is -0.384. The van der Waals surface area contributed by atoms with E-state index >= 15 is 0 Å². The predicted octanol–water partition coefficient (Wildman–Crippen LogP) is 3.65. The third-order valence-corrected chi connectivity index (χ3v) is 6.00. The van der Waals surface area contributed by atoms with Crippen molar-refractivity contribution < 1.29 is 13.3 Å². The number of hydrogen-bond acceptors (Lipinski definition) is 7. The number of nitrogens with zero attached hydrogens (tertiary/aromatic N) is 5. The number of benzene rings is 2. The van der Waals surface area contributed by atoms with Gasteiger partial charge in [-0.2, -0.15) is 15.0 Å². The van der Waals surface area contributed by atoms with Crippen LogP contribution in [-0.4, -0.2) is 28.1 Å². The van der Waals surface area contributed by atoms with Gasteiger partial charge in [0.2, 0.25) is 0 Å². The van der Waals surface area contributed by atoms with Crippen LogP contribution in [0.1, 0.15) is 5.56 Å². The Kier molecular flexibility index (Phi) is 5.02. The first-order chi connectivity index (χ1) is 14.8. The number of aromatic nitrogens is 3. The van der Waals surface area contributed by atoms with Crippen LogP contribution < -0.4 is 4.72 Å². The molecule has 0 saturated heterocycles. The summed E-state index contributed by atoms with van der Waals surface area (Å²) in [6.07, 6.45) is 1.19. The molecule has 31 heavy (non-hydrogen) atoms. The number of anilines is 1. The highest BCUT2D eigenvalue weighted by atomic mass is 35.5. The van der Waals surface area contributed by atoms with Crippen molar-refractivity contribution in [2.75, 3.05) is 4.72 Å². The highest BCUT2D eigenvalue weighted by Crippen LogP contribution is 2.29. The maximum Gasteiger partial charge on any atom is 0.289 e. The third kappa shape index (κ3) is 3.77. The van der Waals surface area contributed by atoms with E-state index in [1.807, 2.05) is 18.2 Å². The van der Waals surface area contributed by atoms with Crippen molar-refractivity contribution in [2.45, 2.75) is 4.90 Å². The van der Waals surface area contributed by atoms with Gasteiger partial charge in [0, 0.05) is 11.5 Å². The van der Waals surface area contributed by atoms with E-state index in [4.69, 9.17) is 11.6 Å². The number of halogens is 1. The minimum absolute atomic E-state index is 0.0537. The summed E-state index contributed by atoms with van der Waals surface area (Å²) in [7, 11) is -4.31. The predicted molar refractivity (Wildman–Crippen MR) is 112 cm³/mol. The Morgan fingerprint density at radius 1 is 1.16 bits per heavy atom. The molecule has 0 atom stereocenters. The Morgan fingerprint density at radius 2 is 1.94 bits per heavy atom. The van der Waals surface area contributed by atoms with Crippen molar-refractivity contribution in [3.05, 3.63) is 81.5 Å². The van der Waals surface area contributed by atoms with Gasteiger partial charge in [-0.05, 0) is 30.3 Å². The first-order valence-electron chi connectivity index (χ1n) is 8.61. The molecule has 0 aliphatic carbocycles. The summed E-state index contributed by atoms with van der Waals surface area (Å²) in [5.74, 6) is 0.128. The van der Waals surface area contributed by atoms with Crippen LogP contribution in [0.25, 0.3) is 16.7 Å². The number of para-hydroxylation sites is 1. The summed E-state index contributed by atoms with van der Waals surface area (Å²) in [4.78, 5) is 14.4. The summed E-state index contributed by atoms with van der Waals surface area (Å²) in [6.45, 7) is 0. The van der Waals surface area contributed by atoms with E-state index in [-0.39, 0.29) is 22.2 Å². The lowest BCUT2D eigenvalue weighted by Crippen LogP contribution is -2.17. The van der Waals surface area contributed by atoms with E-state index in [2.05, 4.69) is 14.8 Å². The third-order valence-electron chi connectivity index (χ3n) is 4.35. The normalized spacial score (nSPS) is 11.2. The Morgan fingerprint density at radius 3 is 2.68 bits per heavy atom. The number of nitriles is 1. The minimum atomic E-state index is -4.31. The van der Waals surface area contributed by atoms with Gasteiger partial charge in [-0.1, -0.05) is 29.8 Å². The van der Waals surface area contributed by atoms with Gasteiger partial charge in [0.1, 0.15) is 16.7 Å². The number of sulfonamides is 1. The SMILES string of the molecule is N#Cc1cnn(-c2ccc3ccccc3n2)c1NS(=O)(=O)c1ccc(Cl)c([N+](=O)[O-])c1. The number of nitro groups is 1. The van der Waals surface area contributed by atoms with Gasteiger partial charge in [0.15, 0.2) is 11.6 Å². The molecule has 0 saturated carbocycles. The van der Waals surface area contributed by atoms with Crippen molar-refractivity contribution in [3.8, 4) is 11.9 Å². The fourth-order valence-corrected chi connectivity index (χ4v) is 4.13. The largest absolute Gasteiger partial charge is 0.289 e. The molecule has 4 aromatic rings. The molecular formula is C19H11ClN6O4S. The van der Waals surface area contributed by atoms with E-state index in [0.717, 1.165) is 23.6 Å². The van der Waals surface area contributed by atoms with Gasteiger partial charge in [0.25, 0.3) is 15.7 Å². The average Bonchev–Trinajstić information content (AvgIpc) is 3.15. The van der Waals surface area contributed by atoms with Crippen LogP contribution in [0.2, 0.25) is 5.02 Å². The molecule has 0 bridgehead atoms. The number of nitro benzene ring substituents is 1. The number of rotatable bonds is 5. The van der Waals surface area contributed by atoms with Crippen molar-refractivity contribution in [1.29, 1.82) is 5.26 Å². The van der Waals surface area contributed by atoms with Crippen LogP contribution in [0.3, 0.4) is 0 Å². The van der Waals surface area contributed by atoms with E-state index in [1.165, 1.54) is 10.9 Å². The van der Waals surface area contributed by atoms with E-state index in [9.17, 15) is 23.8 Å². The maximum absolute atomic E-state index is 12.9. The van der Waals surface area contributed by atoms with Crippen LogP contribution in [-0.2, 0) is 10.0 Å². The monoisotopic (exact) mass is 454 g/mol. The lowest BCUT2D eigenvalue weighted by Gasteiger charge is -2.11. The van der Waals surface area contributed by atoms with Gasteiger partial charge in [-0.15, -0.1) is 0 Å². The summed E-state index contributed by atoms with van der Waals surface area (Å²) in [5, 5.41) is 25.3. The molecule has 0 unspecified atom stereocenters. The first-order valence-corrected chi connectivity index (χ1v) is 10.5. The van der Waals surface area contributed by atoms with Crippen LogP contribution >= 0.6 is 11.6 Å². The first kappa shape index (κ1) is 20.3. The van der Waals surface area contributed by atoms with Crippen molar-refractivity contribution in [3.63, 3.8) is 0 Å². The summed E-state index contributed by atoms with van der Waals surface area (Å²) in [5.41, 5.74) is 0.0351. The molecule has 10 nitrogen and oxygen atoms in total. The van der Waals surface area contributed by atoms with Crippen molar-refractivity contribution in [1.82, 2.24) is 14.8 Å². The quantitative estimate of drug-likeness (QED) is 0.358. The van der Waals surface area contributed by atoms with Gasteiger partial charge in [0.05, 0.1) is 21.5 Å². The second kappa shape index (κ2) is 7.67. The molecule has 0 spiro atoms. The smallest absolute Gasteiger partial charge is 0.262 e. The van der Waals surface area contributed by atoms with E-state index in [0.29, 0.717) is 5.52 Å². The molecule has 0 amide bonds. The zero-order chi connectivity index (χ0) is 22.2. The Bertz CT molecular complexity index is 1490. The molecule has 0 radical (unpaired) electrons. The molecule has 0 aliphatic heterocycles. The molecule has 4 rings (SSSR count). The second-order valence-corrected chi connectivity index (χ2v) is 8.36. The Labute approximate surface area is 180 Å². The molecule has 0 fully saturated rings. The Hall–Kier alpha value is -4.01. The molecule has 154 valence electrons. The standard InChI is InChI=1S/C19H11ClN6O4S/c20-15-7-6-14(9-17(15)26(27)28)31(29,30)24-19-13(10-21)11-22-25(19)18-8-5-12-3-1-2-4-16(12)23-18/h1-9,11,24H. The lowest BCUT2D eigenvalue weighted by atomic mass is 10.2. The van der Waals surface area contributed by atoms with E-state index in [1.54, 1.807) is 24.3 Å². The summed E-state index contributed by atoms with van der Waals surface area (Å²) < 4.78 is 29.3. The van der Waals surface area contributed by atoms with Gasteiger partial charge >= 0.3 is 0 Å². The average molecular weight is 455 g/mol. The fourth-order valence-electron chi connectivity index (χ4n) is 2.86. The van der Waals surface area contributed by atoms with Gasteiger partial charge in [-0.25, -0.2) is 13.4 Å². The molecule has 0 aliphatic rings. The molecule has 2 aromatic heterocycles.